The second-order valence-electron chi connectivity index (χ2n) is 3.36. The Bertz CT molecular complexity index is 378. The number of halogens is 1. The molecule has 0 fully saturated rings. The van der Waals surface area contributed by atoms with Gasteiger partial charge in [-0.1, -0.05) is 6.08 Å². The first-order valence-electron chi connectivity index (χ1n) is 4.92. The molecule has 0 aromatic carbocycles. The van der Waals surface area contributed by atoms with Crippen molar-refractivity contribution in [2.45, 2.75) is 13.0 Å². The maximum Gasteiger partial charge on any atom is 0.224 e. The lowest BCUT2D eigenvalue weighted by molar-refractivity contribution is 0.627. The number of aromatic nitrogens is 2. The zero-order chi connectivity index (χ0) is 10.7. The zero-order valence-electron chi connectivity index (χ0n) is 8.39. The molecular weight excluding hydrogens is 212 g/mol. The zero-order valence-corrected chi connectivity index (χ0v) is 9.14. The number of nitrogens with zero attached hydrogens (tertiary/aromatic N) is 2. The third-order valence-electron chi connectivity index (χ3n) is 2.32. The van der Waals surface area contributed by atoms with E-state index in [1.54, 1.807) is 6.08 Å². The molecule has 0 aliphatic carbocycles. The van der Waals surface area contributed by atoms with Gasteiger partial charge in [0.05, 0.1) is 5.69 Å². The fourth-order valence-corrected chi connectivity index (χ4v) is 1.81. The standard InChI is InChI=1S/C10H13ClN4/c1-2-4-13-9-7-6-12-5-3-8(7)14-10(11)15-9/h2,12H,1,3-6H2,(H,13,14,15). The van der Waals surface area contributed by atoms with Gasteiger partial charge < -0.3 is 10.6 Å². The van der Waals surface area contributed by atoms with Crippen LogP contribution in [0.5, 0.6) is 0 Å². The van der Waals surface area contributed by atoms with Crippen molar-refractivity contribution in [2.24, 2.45) is 0 Å². The minimum absolute atomic E-state index is 0.308. The Balaban J connectivity index is 2.34. The van der Waals surface area contributed by atoms with E-state index in [1.165, 1.54) is 0 Å². The lowest BCUT2D eigenvalue weighted by atomic mass is 10.1. The third-order valence-corrected chi connectivity index (χ3v) is 2.49. The van der Waals surface area contributed by atoms with Crippen LogP contribution in [0.4, 0.5) is 5.82 Å². The maximum atomic E-state index is 5.85. The third kappa shape index (κ3) is 2.27. The molecule has 0 amide bonds. The van der Waals surface area contributed by atoms with E-state index in [0.717, 1.165) is 36.6 Å². The first-order chi connectivity index (χ1) is 7.31. The van der Waals surface area contributed by atoms with Crippen LogP contribution in [0.15, 0.2) is 12.7 Å². The van der Waals surface area contributed by atoms with Gasteiger partial charge in [-0.3, -0.25) is 0 Å². The van der Waals surface area contributed by atoms with Crippen LogP contribution in [0.1, 0.15) is 11.3 Å². The summed E-state index contributed by atoms with van der Waals surface area (Å²) in [4.78, 5) is 8.41. The summed E-state index contributed by atoms with van der Waals surface area (Å²) in [6, 6.07) is 0. The second-order valence-corrected chi connectivity index (χ2v) is 3.70. The normalized spacial score (nSPS) is 14.5. The number of rotatable bonds is 3. The first-order valence-corrected chi connectivity index (χ1v) is 5.30. The number of anilines is 1. The second kappa shape index (κ2) is 4.59. The molecule has 1 aliphatic rings. The first kappa shape index (κ1) is 10.4. The molecule has 80 valence electrons. The van der Waals surface area contributed by atoms with E-state index in [0.29, 0.717) is 11.8 Å². The van der Waals surface area contributed by atoms with E-state index in [-0.39, 0.29) is 0 Å². The van der Waals surface area contributed by atoms with Gasteiger partial charge in [0.2, 0.25) is 5.28 Å². The quantitative estimate of drug-likeness (QED) is 0.602. The molecule has 0 unspecified atom stereocenters. The van der Waals surface area contributed by atoms with Crippen molar-refractivity contribution in [3.63, 3.8) is 0 Å². The largest absolute Gasteiger partial charge is 0.366 e. The van der Waals surface area contributed by atoms with E-state index >= 15 is 0 Å². The summed E-state index contributed by atoms with van der Waals surface area (Å²) in [7, 11) is 0. The number of hydrogen-bond acceptors (Lipinski definition) is 4. The van der Waals surface area contributed by atoms with Crippen LogP contribution < -0.4 is 10.6 Å². The van der Waals surface area contributed by atoms with Gasteiger partial charge in [0.1, 0.15) is 5.82 Å². The Morgan fingerprint density at radius 3 is 3.20 bits per heavy atom. The molecule has 0 spiro atoms. The SMILES string of the molecule is C=CCNc1nc(Cl)nc2c1CNCC2. The van der Waals surface area contributed by atoms with Crippen molar-refractivity contribution in [2.75, 3.05) is 18.4 Å². The molecule has 2 N–H and O–H groups in total. The van der Waals surface area contributed by atoms with Crippen LogP contribution in [0, 0.1) is 0 Å². The summed E-state index contributed by atoms with van der Waals surface area (Å²) < 4.78 is 0. The fourth-order valence-electron chi connectivity index (χ4n) is 1.63. The summed E-state index contributed by atoms with van der Waals surface area (Å²) in [6.45, 7) is 6.08. The van der Waals surface area contributed by atoms with Gasteiger partial charge in [-0.2, -0.15) is 0 Å². The van der Waals surface area contributed by atoms with Crippen LogP contribution >= 0.6 is 11.6 Å². The van der Waals surface area contributed by atoms with E-state index in [4.69, 9.17) is 11.6 Å². The highest BCUT2D eigenvalue weighted by atomic mass is 35.5. The lowest BCUT2D eigenvalue weighted by Crippen LogP contribution is -2.26. The highest BCUT2D eigenvalue weighted by Crippen LogP contribution is 2.21. The van der Waals surface area contributed by atoms with Crippen LogP contribution in [0.2, 0.25) is 5.28 Å². The van der Waals surface area contributed by atoms with Crippen molar-refractivity contribution in [3.8, 4) is 0 Å². The molecule has 0 bridgehead atoms. The number of fused-ring (bicyclic) bond motifs is 1. The van der Waals surface area contributed by atoms with Gasteiger partial charge in [0.25, 0.3) is 0 Å². The van der Waals surface area contributed by atoms with Gasteiger partial charge in [0, 0.05) is 31.6 Å². The highest BCUT2D eigenvalue weighted by Gasteiger charge is 2.16. The van der Waals surface area contributed by atoms with Gasteiger partial charge >= 0.3 is 0 Å². The van der Waals surface area contributed by atoms with Gasteiger partial charge in [-0.15, -0.1) is 6.58 Å². The monoisotopic (exact) mass is 224 g/mol. The summed E-state index contributed by atoms with van der Waals surface area (Å²) in [5.41, 5.74) is 2.16. The van der Waals surface area contributed by atoms with E-state index in [9.17, 15) is 0 Å². The summed E-state index contributed by atoms with van der Waals surface area (Å²) in [5.74, 6) is 0.817. The maximum absolute atomic E-state index is 5.85. The average molecular weight is 225 g/mol. The molecule has 4 nitrogen and oxygen atoms in total. The molecule has 1 aliphatic heterocycles. The lowest BCUT2D eigenvalue weighted by Gasteiger charge is -2.19. The summed E-state index contributed by atoms with van der Waals surface area (Å²) in [5, 5.41) is 6.77. The van der Waals surface area contributed by atoms with Gasteiger partial charge in [-0.25, -0.2) is 9.97 Å². The van der Waals surface area contributed by atoms with Crippen LogP contribution in [0.3, 0.4) is 0 Å². The van der Waals surface area contributed by atoms with E-state index < -0.39 is 0 Å². The Morgan fingerprint density at radius 2 is 2.40 bits per heavy atom. The average Bonchev–Trinajstić information content (AvgIpc) is 2.25. The van der Waals surface area contributed by atoms with Crippen molar-refractivity contribution in [1.29, 1.82) is 0 Å². The molecule has 1 aromatic rings. The van der Waals surface area contributed by atoms with Crippen molar-refractivity contribution in [3.05, 3.63) is 29.2 Å². The van der Waals surface area contributed by atoms with Gasteiger partial charge in [0.15, 0.2) is 0 Å². The molecule has 5 heteroatoms. The number of hydrogen-bond donors (Lipinski definition) is 2. The Morgan fingerprint density at radius 1 is 1.53 bits per heavy atom. The topological polar surface area (TPSA) is 49.8 Å². The Kier molecular flexibility index (Phi) is 3.18. The molecule has 2 rings (SSSR count). The van der Waals surface area contributed by atoms with Crippen LogP contribution in [0.25, 0.3) is 0 Å². The summed E-state index contributed by atoms with van der Waals surface area (Å²) >= 11 is 5.85. The Hall–Kier alpha value is -1.13. The predicted octanol–water partition coefficient (Wildman–Crippen LogP) is 1.37. The predicted molar refractivity (Wildman–Crippen MR) is 61.1 cm³/mol. The van der Waals surface area contributed by atoms with Crippen LogP contribution in [-0.4, -0.2) is 23.1 Å². The molecule has 0 saturated heterocycles. The minimum atomic E-state index is 0.308. The molecule has 15 heavy (non-hydrogen) atoms. The summed E-state index contributed by atoms with van der Waals surface area (Å²) in [6.07, 6.45) is 2.69. The molecule has 1 aromatic heterocycles. The minimum Gasteiger partial charge on any atom is -0.366 e. The van der Waals surface area contributed by atoms with E-state index in [1.807, 2.05) is 0 Å². The van der Waals surface area contributed by atoms with E-state index in [2.05, 4.69) is 27.2 Å². The van der Waals surface area contributed by atoms with Crippen LogP contribution in [-0.2, 0) is 13.0 Å². The van der Waals surface area contributed by atoms with Crippen molar-refractivity contribution >= 4 is 17.4 Å². The highest BCUT2D eigenvalue weighted by molar-refractivity contribution is 6.28. The fraction of sp³-hybridized carbons (Fsp3) is 0.400. The Labute approximate surface area is 93.8 Å². The molecular formula is C10H13ClN4. The molecule has 0 saturated carbocycles. The van der Waals surface area contributed by atoms with Gasteiger partial charge in [-0.05, 0) is 11.6 Å². The smallest absolute Gasteiger partial charge is 0.224 e. The number of nitrogens with one attached hydrogen (secondary N) is 2. The van der Waals surface area contributed by atoms with Crippen molar-refractivity contribution in [1.82, 2.24) is 15.3 Å². The molecule has 0 radical (unpaired) electrons. The van der Waals surface area contributed by atoms with Crippen molar-refractivity contribution < 1.29 is 0 Å². The molecule has 0 atom stereocenters. The molecule has 2 heterocycles.